The predicted molar refractivity (Wildman–Crippen MR) is 70.8 cm³/mol. The van der Waals surface area contributed by atoms with Crippen LogP contribution >= 0.6 is 23.1 Å². The number of thiophene rings is 1. The largest absolute Gasteiger partial charge is 0.306 e. The Bertz CT molecular complexity index is 284. The van der Waals surface area contributed by atoms with Crippen molar-refractivity contribution in [2.75, 3.05) is 6.26 Å². The van der Waals surface area contributed by atoms with Gasteiger partial charge in [-0.1, -0.05) is 12.5 Å². The minimum atomic E-state index is 0.516. The van der Waals surface area contributed by atoms with Crippen molar-refractivity contribution >= 4 is 23.1 Å². The van der Waals surface area contributed by atoms with E-state index in [1.807, 2.05) is 23.1 Å². The van der Waals surface area contributed by atoms with Crippen LogP contribution in [0.2, 0.25) is 0 Å². The Hall–Kier alpha value is 0.01000. The highest BCUT2D eigenvalue weighted by Gasteiger charge is 2.27. The molecule has 1 fully saturated rings. The first-order valence-electron chi connectivity index (χ1n) is 5.63. The van der Waals surface area contributed by atoms with Gasteiger partial charge in [0.25, 0.3) is 0 Å². The van der Waals surface area contributed by atoms with Crippen LogP contribution in [0.25, 0.3) is 0 Å². The minimum Gasteiger partial charge on any atom is -0.306 e. The molecule has 0 radical (unpaired) electrons. The molecular weight excluding hydrogens is 222 g/mol. The summed E-state index contributed by atoms with van der Waals surface area (Å²) in [5.41, 5.74) is 0. The summed E-state index contributed by atoms with van der Waals surface area (Å²) in [6.45, 7) is 2.28. The van der Waals surface area contributed by atoms with Gasteiger partial charge in [0.1, 0.15) is 0 Å². The molecular formula is C12H19NS2. The summed E-state index contributed by atoms with van der Waals surface area (Å²) in [6, 6.07) is 5.60. The second kappa shape index (κ2) is 5.37. The summed E-state index contributed by atoms with van der Waals surface area (Å²) in [5.74, 6) is 0. The van der Waals surface area contributed by atoms with E-state index in [9.17, 15) is 0 Å². The molecule has 0 spiro atoms. The van der Waals surface area contributed by atoms with Gasteiger partial charge >= 0.3 is 0 Å². The van der Waals surface area contributed by atoms with Gasteiger partial charge in [0.15, 0.2) is 0 Å². The van der Waals surface area contributed by atoms with Gasteiger partial charge in [-0.3, -0.25) is 0 Å². The third-order valence-electron chi connectivity index (χ3n) is 3.19. The fourth-order valence-electron chi connectivity index (χ4n) is 2.34. The van der Waals surface area contributed by atoms with Crippen molar-refractivity contribution in [3.05, 3.63) is 22.4 Å². The maximum atomic E-state index is 3.77. The number of thioether (sulfide) groups is 1. The van der Waals surface area contributed by atoms with E-state index in [0.29, 0.717) is 6.04 Å². The standard InChI is InChI=1S/C12H19NS2/c1-9(11-7-4-8-15-11)13-10-5-3-6-12(10)14-2/h4,7-10,12-13H,3,5-6H2,1-2H3. The van der Waals surface area contributed by atoms with Crippen LogP contribution in [0.4, 0.5) is 0 Å². The maximum Gasteiger partial charge on any atom is 0.0388 e. The van der Waals surface area contributed by atoms with Crippen molar-refractivity contribution in [3.8, 4) is 0 Å². The van der Waals surface area contributed by atoms with Crippen molar-refractivity contribution < 1.29 is 0 Å². The molecule has 3 atom stereocenters. The normalized spacial score (nSPS) is 28.1. The summed E-state index contributed by atoms with van der Waals surface area (Å²) in [6.07, 6.45) is 6.36. The lowest BCUT2D eigenvalue weighted by Crippen LogP contribution is -2.35. The van der Waals surface area contributed by atoms with Gasteiger partial charge in [0.05, 0.1) is 0 Å². The number of nitrogens with one attached hydrogen (secondary N) is 1. The van der Waals surface area contributed by atoms with E-state index in [1.54, 1.807) is 0 Å². The molecule has 1 aromatic rings. The lowest BCUT2D eigenvalue weighted by Gasteiger charge is -2.23. The van der Waals surface area contributed by atoms with E-state index < -0.39 is 0 Å². The first-order chi connectivity index (χ1) is 7.31. The number of hydrogen-bond acceptors (Lipinski definition) is 3. The van der Waals surface area contributed by atoms with Crippen molar-refractivity contribution in [3.63, 3.8) is 0 Å². The van der Waals surface area contributed by atoms with E-state index >= 15 is 0 Å². The third kappa shape index (κ3) is 2.77. The molecule has 15 heavy (non-hydrogen) atoms. The van der Waals surface area contributed by atoms with Crippen LogP contribution in [0, 0.1) is 0 Å². The summed E-state index contributed by atoms with van der Waals surface area (Å²) in [5, 5.41) is 6.76. The fraction of sp³-hybridized carbons (Fsp3) is 0.667. The quantitative estimate of drug-likeness (QED) is 0.863. The smallest absolute Gasteiger partial charge is 0.0388 e. The average molecular weight is 241 g/mol. The van der Waals surface area contributed by atoms with Crippen LogP contribution in [-0.2, 0) is 0 Å². The minimum absolute atomic E-state index is 0.516. The molecule has 0 saturated heterocycles. The van der Waals surface area contributed by atoms with Crippen LogP contribution in [0.15, 0.2) is 17.5 Å². The Labute approximate surface area is 101 Å². The van der Waals surface area contributed by atoms with Gasteiger partial charge in [0, 0.05) is 22.2 Å². The second-order valence-electron chi connectivity index (χ2n) is 4.22. The molecule has 84 valence electrons. The molecule has 1 nitrogen and oxygen atoms in total. The maximum absolute atomic E-state index is 3.77. The predicted octanol–water partition coefficient (Wildman–Crippen LogP) is 3.68. The molecule has 0 aromatic carbocycles. The zero-order chi connectivity index (χ0) is 10.7. The molecule has 1 saturated carbocycles. The molecule has 1 aliphatic rings. The Kier molecular flexibility index (Phi) is 4.12. The van der Waals surface area contributed by atoms with Gasteiger partial charge in [-0.15, -0.1) is 11.3 Å². The summed E-state index contributed by atoms with van der Waals surface area (Å²) in [4.78, 5) is 1.46. The molecule has 1 heterocycles. The molecule has 0 amide bonds. The Balaban J connectivity index is 1.91. The summed E-state index contributed by atoms with van der Waals surface area (Å²) in [7, 11) is 0. The highest BCUT2D eigenvalue weighted by molar-refractivity contribution is 7.99. The van der Waals surface area contributed by atoms with Crippen LogP contribution in [0.1, 0.15) is 37.1 Å². The number of hydrogen-bond donors (Lipinski definition) is 1. The van der Waals surface area contributed by atoms with E-state index in [-0.39, 0.29) is 0 Å². The topological polar surface area (TPSA) is 12.0 Å². The molecule has 1 N–H and O–H groups in total. The Morgan fingerprint density at radius 3 is 3.07 bits per heavy atom. The van der Waals surface area contributed by atoms with Crippen molar-refractivity contribution in [2.45, 2.75) is 43.5 Å². The first-order valence-corrected chi connectivity index (χ1v) is 7.80. The Morgan fingerprint density at radius 2 is 2.40 bits per heavy atom. The van der Waals surface area contributed by atoms with Crippen LogP contribution in [-0.4, -0.2) is 17.5 Å². The van der Waals surface area contributed by atoms with Crippen LogP contribution < -0.4 is 5.32 Å². The molecule has 0 aliphatic heterocycles. The van der Waals surface area contributed by atoms with Gasteiger partial charge in [-0.05, 0) is 37.5 Å². The lowest BCUT2D eigenvalue weighted by atomic mass is 10.2. The number of rotatable bonds is 4. The van der Waals surface area contributed by atoms with Gasteiger partial charge in [-0.25, -0.2) is 0 Å². The monoisotopic (exact) mass is 241 g/mol. The fourth-order valence-corrected chi connectivity index (χ4v) is 4.03. The molecule has 0 bridgehead atoms. The third-order valence-corrected chi connectivity index (χ3v) is 5.41. The van der Waals surface area contributed by atoms with Crippen molar-refractivity contribution in [1.82, 2.24) is 5.32 Å². The zero-order valence-electron chi connectivity index (χ0n) is 9.40. The van der Waals surface area contributed by atoms with E-state index in [1.165, 1.54) is 24.1 Å². The van der Waals surface area contributed by atoms with E-state index in [2.05, 4.69) is 36.0 Å². The van der Waals surface area contributed by atoms with Crippen LogP contribution in [0.3, 0.4) is 0 Å². The molecule has 1 aromatic heterocycles. The zero-order valence-corrected chi connectivity index (χ0v) is 11.0. The molecule has 1 aliphatic carbocycles. The SMILES string of the molecule is CSC1CCCC1NC(C)c1cccs1. The van der Waals surface area contributed by atoms with Gasteiger partial charge in [0.2, 0.25) is 0 Å². The summed E-state index contributed by atoms with van der Waals surface area (Å²) >= 11 is 3.87. The molecule has 3 unspecified atom stereocenters. The van der Waals surface area contributed by atoms with Gasteiger partial charge < -0.3 is 5.32 Å². The molecule has 2 rings (SSSR count). The molecule has 3 heteroatoms. The lowest BCUT2D eigenvalue weighted by molar-refractivity contribution is 0.472. The Morgan fingerprint density at radius 1 is 1.53 bits per heavy atom. The summed E-state index contributed by atoms with van der Waals surface area (Å²) < 4.78 is 0. The van der Waals surface area contributed by atoms with Crippen LogP contribution in [0.5, 0.6) is 0 Å². The second-order valence-corrected chi connectivity index (χ2v) is 6.27. The first kappa shape index (κ1) is 11.5. The highest BCUT2D eigenvalue weighted by Crippen LogP contribution is 2.30. The highest BCUT2D eigenvalue weighted by atomic mass is 32.2. The average Bonchev–Trinajstić information content (AvgIpc) is 2.87. The van der Waals surface area contributed by atoms with Crippen molar-refractivity contribution in [1.29, 1.82) is 0 Å². The van der Waals surface area contributed by atoms with Crippen molar-refractivity contribution in [2.24, 2.45) is 0 Å². The van der Waals surface area contributed by atoms with Gasteiger partial charge in [-0.2, -0.15) is 11.8 Å². The van der Waals surface area contributed by atoms with E-state index in [0.717, 1.165) is 11.3 Å². The van der Waals surface area contributed by atoms with E-state index in [4.69, 9.17) is 0 Å².